The maximum atomic E-state index is 3.55. The standard InChI is InChI=1S/C10H8Br2S2/c1-5-3-8(14-10(5)12)9-4-7(11)6(2)13-9/h3-4H,1-2H3. The number of thiophene rings is 2. The van der Waals surface area contributed by atoms with Crippen LogP contribution in [0.25, 0.3) is 9.75 Å². The fourth-order valence-corrected chi connectivity index (χ4v) is 4.30. The molecule has 14 heavy (non-hydrogen) atoms. The van der Waals surface area contributed by atoms with Crippen LogP contribution in [0.5, 0.6) is 0 Å². The largest absolute Gasteiger partial charge is 0.139 e. The lowest BCUT2D eigenvalue weighted by molar-refractivity contribution is 1.53. The SMILES string of the molecule is Cc1cc(-c2cc(Br)c(C)s2)sc1Br. The minimum absolute atomic E-state index is 1.21. The molecule has 0 amide bonds. The normalized spacial score (nSPS) is 10.9. The van der Waals surface area contributed by atoms with E-state index in [9.17, 15) is 0 Å². The monoisotopic (exact) mass is 350 g/mol. The molecule has 0 saturated carbocycles. The highest BCUT2D eigenvalue weighted by Gasteiger charge is 2.09. The van der Waals surface area contributed by atoms with E-state index in [1.54, 1.807) is 11.3 Å². The van der Waals surface area contributed by atoms with Crippen LogP contribution >= 0.6 is 54.5 Å². The van der Waals surface area contributed by atoms with Gasteiger partial charge >= 0.3 is 0 Å². The molecule has 2 heterocycles. The van der Waals surface area contributed by atoms with E-state index in [1.807, 2.05) is 11.3 Å². The van der Waals surface area contributed by atoms with Crippen molar-refractivity contribution in [3.8, 4) is 9.75 Å². The second kappa shape index (κ2) is 4.08. The Bertz CT molecular complexity index is 385. The molecule has 0 aromatic carbocycles. The van der Waals surface area contributed by atoms with Gasteiger partial charge in [0.1, 0.15) is 0 Å². The molecule has 0 unspecified atom stereocenters. The molecule has 4 heteroatoms. The van der Waals surface area contributed by atoms with Crippen LogP contribution in [0.3, 0.4) is 0 Å². The average Bonchev–Trinajstić information content (AvgIpc) is 2.60. The fourth-order valence-electron chi connectivity index (χ4n) is 1.16. The summed E-state index contributed by atoms with van der Waals surface area (Å²) in [5.41, 5.74) is 1.31. The van der Waals surface area contributed by atoms with E-state index in [0.29, 0.717) is 0 Å². The smallest absolute Gasteiger partial charge is 0.0734 e. The summed E-state index contributed by atoms with van der Waals surface area (Å²) in [5.74, 6) is 0. The van der Waals surface area contributed by atoms with Crippen LogP contribution < -0.4 is 0 Å². The van der Waals surface area contributed by atoms with E-state index in [2.05, 4.69) is 57.8 Å². The molecule has 0 bridgehead atoms. The van der Waals surface area contributed by atoms with Gasteiger partial charge in [-0.1, -0.05) is 0 Å². The van der Waals surface area contributed by atoms with Gasteiger partial charge in [0.25, 0.3) is 0 Å². The van der Waals surface area contributed by atoms with Crippen molar-refractivity contribution in [2.24, 2.45) is 0 Å². The minimum Gasteiger partial charge on any atom is -0.139 e. The van der Waals surface area contributed by atoms with Gasteiger partial charge in [-0.15, -0.1) is 22.7 Å². The molecule has 0 fully saturated rings. The Morgan fingerprint density at radius 3 is 2.07 bits per heavy atom. The molecule has 2 aromatic rings. The molecule has 0 nitrogen and oxygen atoms in total. The first kappa shape index (κ1) is 10.9. The van der Waals surface area contributed by atoms with Crippen molar-refractivity contribution in [2.45, 2.75) is 13.8 Å². The van der Waals surface area contributed by atoms with E-state index in [0.717, 1.165) is 0 Å². The van der Waals surface area contributed by atoms with Crippen LogP contribution in [0.4, 0.5) is 0 Å². The molecule has 2 aromatic heterocycles. The van der Waals surface area contributed by atoms with Gasteiger partial charge in [-0.25, -0.2) is 0 Å². The summed E-state index contributed by atoms with van der Waals surface area (Å²) in [5, 5.41) is 0. The van der Waals surface area contributed by atoms with Crippen LogP contribution in [-0.4, -0.2) is 0 Å². The summed E-state index contributed by atoms with van der Waals surface area (Å²) in [6, 6.07) is 4.42. The lowest BCUT2D eigenvalue weighted by atomic mass is 10.3. The van der Waals surface area contributed by atoms with Crippen LogP contribution in [0.1, 0.15) is 10.4 Å². The first-order chi connectivity index (χ1) is 6.58. The van der Waals surface area contributed by atoms with Crippen LogP contribution in [0.15, 0.2) is 20.4 Å². The lowest BCUT2D eigenvalue weighted by Crippen LogP contribution is -1.60. The van der Waals surface area contributed by atoms with Gasteiger partial charge in [0.15, 0.2) is 0 Å². The molecule has 0 N–H and O–H groups in total. The summed E-state index contributed by atoms with van der Waals surface area (Å²) in [4.78, 5) is 4.02. The first-order valence-electron chi connectivity index (χ1n) is 4.10. The third kappa shape index (κ3) is 1.98. The van der Waals surface area contributed by atoms with Crippen molar-refractivity contribution in [1.82, 2.24) is 0 Å². The molecule has 74 valence electrons. The zero-order valence-corrected chi connectivity index (χ0v) is 12.5. The zero-order valence-electron chi connectivity index (χ0n) is 7.73. The van der Waals surface area contributed by atoms with Crippen molar-refractivity contribution in [1.29, 1.82) is 0 Å². The number of hydrogen-bond acceptors (Lipinski definition) is 2. The molecule has 0 spiro atoms. The Kier molecular flexibility index (Phi) is 3.17. The van der Waals surface area contributed by atoms with Gasteiger partial charge in [-0.05, 0) is 63.4 Å². The highest BCUT2D eigenvalue weighted by molar-refractivity contribution is 9.11. The highest BCUT2D eigenvalue weighted by atomic mass is 79.9. The Morgan fingerprint density at radius 2 is 1.64 bits per heavy atom. The predicted molar refractivity (Wildman–Crippen MR) is 72.5 cm³/mol. The molecular weight excluding hydrogens is 344 g/mol. The van der Waals surface area contributed by atoms with E-state index < -0.39 is 0 Å². The van der Waals surface area contributed by atoms with Crippen molar-refractivity contribution in [3.05, 3.63) is 30.8 Å². The third-order valence-corrected chi connectivity index (χ3v) is 6.43. The quantitative estimate of drug-likeness (QED) is 0.625. The molecule has 0 saturated heterocycles. The third-order valence-electron chi connectivity index (χ3n) is 1.96. The number of aryl methyl sites for hydroxylation is 2. The minimum atomic E-state index is 1.21. The summed E-state index contributed by atoms with van der Waals surface area (Å²) < 4.78 is 2.44. The Hall–Kier alpha value is 0.360. The highest BCUT2D eigenvalue weighted by Crippen LogP contribution is 2.40. The second-order valence-electron chi connectivity index (χ2n) is 3.08. The summed E-state index contributed by atoms with van der Waals surface area (Å²) >= 11 is 10.7. The van der Waals surface area contributed by atoms with Crippen LogP contribution in [0.2, 0.25) is 0 Å². The van der Waals surface area contributed by atoms with Crippen molar-refractivity contribution < 1.29 is 0 Å². The Balaban J connectivity index is 2.49. The molecular formula is C10H8Br2S2. The number of halogens is 2. The maximum Gasteiger partial charge on any atom is 0.0734 e. The molecule has 2 rings (SSSR count). The van der Waals surface area contributed by atoms with Gasteiger partial charge in [0.05, 0.1) is 3.79 Å². The molecule has 0 radical (unpaired) electrons. The van der Waals surface area contributed by atoms with Gasteiger partial charge in [0, 0.05) is 19.1 Å². The maximum absolute atomic E-state index is 3.55. The van der Waals surface area contributed by atoms with Crippen LogP contribution in [-0.2, 0) is 0 Å². The van der Waals surface area contributed by atoms with Gasteiger partial charge in [0.2, 0.25) is 0 Å². The van der Waals surface area contributed by atoms with Crippen molar-refractivity contribution >= 4 is 54.5 Å². The molecule has 0 aliphatic rings. The van der Waals surface area contributed by atoms with Crippen LogP contribution in [0, 0.1) is 13.8 Å². The van der Waals surface area contributed by atoms with E-state index in [-0.39, 0.29) is 0 Å². The zero-order chi connectivity index (χ0) is 10.3. The second-order valence-corrected chi connectivity index (χ2v) is 7.56. The summed E-state index contributed by atoms with van der Waals surface area (Å²) in [6.45, 7) is 4.26. The molecule has 0 aliphatic carbocycles. The Morgan fingerprint density at radius 1 is 1.00 bits per heavy atom. The van der Waals surface area contributed by atoms with Gasteiger partial charge in [-0.2, -0.15) is 0 Å². The average molecular weight is 352 g/mol. The van der Waals surface area contributed by atoms with E-state index >= 15 is 0 Å². The first-order valence-corrected chi connectivity index (χ1v) is 7.32. The lowest BCUT2D eigenvalue weighted by Gasteiger charge is -1.86. The molecule has 0 atom stereocenters. The topological polar surface area (TPSA) is 0 Å². The van der Waals surface area contributed by atoms with Crippen molar-refractivity contribution in [2.75, 3.05) is 0 Å². The summed E-state index contributed by atoms with van der Waals surface area (Å²) in [7, 11) is 0. The van der Waals surface area contributed by atoms with Crippen molar-refractivity contribution in [3.63, 3.8) is 0 Å². The van der Waals surface area contributed by atoms with E-state index in [1.165, 1.54) is 28.5 Å². The predicted octanol–water partition coefficient (Wildman–Crippen LogP) is 5.62. The van der Waals surface area contributed by atoms with E-state index in [4.69, 9.17) is 0 Å². The molecule has 0 aliphatic heterocycles. The summed E-state index contributed by atoms with van der Waals surface area (Å²) in [6.07, 6.45) is 0. The fraction of sp³-hybridized carbons (Fsp3) is 0.200. The Labute approximate surface area is 108 Å². The van der Waals surface area contributed by atoms with Gasteiger partial charge in [-0.3, -0.25) is 0 Å². The number of rotatable bonds is 1. The van der Waals surface area contributed by atoms with Gasteiger partial charge < -0.3 is 0 Å². The number of hydrogen-bond donors (Lipinski definition) is 0.